The molecule has 0 spiro atoms. The average Bonchev–Trinajstić information content (AvgIpc) is 3.18. The first-order chi connectivity index (χ1) is 10.8. The number of ether oxygens (including phenoxy) is 2. The summed E-state index contributed by atoms with van der Waals surface area (Å²) < 4.78 is 46.8. The molecular weight excluding hydrogens is 341 g/mol. The zero-order valence-electron chi connectivity index (χ0n) is 12.0. The third-order valence-corrected chi connectivity index (χ3v) is 7.11. The molecule has 8 nitrogen and oxygen atoms in total. The van der Waals surface area contributed by atoms with Crippen molar-refractivity contribution in [3.05, 3.63) is 0 Å². The molecule has 11 heteroatoms. The van der Waals surface area contributed by atoms with Crippen molar-refractivity contribution in [2.24, 2.45) is 0 Å². The standard InChI is InChI=1S/C11H21FO8P2/c12-9(7-15-3-1-13)11(21-17-5-6-18-21)22-19-8-10(20-22)16-4-2-14/h9-11,13-14H,1-8H2. The minimum atomic E-state index is -1.58. The van der Waals surface area contributed by atoms with Crippen LogP contribution in [0.1, 0.15) is 0 Å². The molecule has 2 fully saturated rings. The Kier molecular flexibility index (Phi) is 8.85. The fourth-order valence-electron chi connectivity index (χ4n) is 1.84. The number of hydrogen-bond donors (Lipinski definition) is 2. The number of hydrogen-bond acceptors (Lipinski definition) is 8. The summed E-state index contributed by atoms with van der Waals surface area (Å²) in [4.78, 5) is 0. The highest BCUT2D eigenvalue weighted by Gasteiger charge is 2.47. The van der Waals surface area contributed by atoms with Crippen LogP contribution in [0.15, 0.2) is 0 Å². The largest absolute Gasteiger partial charge is 0.394 e. The lowest BCUT2D eigenvalue weighted by Gasteiger charge is -2.27. The first-order valence-corrected chi connectivity index (χ1v) is 9.44. The Morgan fingerprint density at radius 3 is 2.50 bits per heavy atom. The molecule has 2 heterocycles. The van der Waals surface area contributed by atoms with Crippen molar-refractivity contribution in [1.29, 1.82) is 0 Å². The number of aliphatic hydroxyl groups excluding tert-OH is 2. The van der Waals surface area contributed by atoms with E-state index < -0.39 is 34.6 Å². The molecule has 4 atom stereocenters. The van der Waals surface area contributed by atoms with Gasteiger partial charge in [-0.1, -0.05) is 0 Å². The van der Waals surface area contributed by atoms with E-state index in [9.17, 15) is 4.39 Å². The molecule has 2 rings (SSSR count). The third-order valence-electron chi connectivity index (χ3n) is 2.74. The molecule has 0 aromatic heterocycles. The van der Waals surface area contributed by atoms with Gasteiger partial charge in [0.15, 0.2) is 23.0 Å². The highest BCUT2D eigenvalue weighted by atomic mass is 31.2. The molecule has 0 aromatic carbocycles. The Bertz CT molecular complexity index is 310. The molecular formula is C11H21FO8P2. The molecule has 2 saturated heterocycles. The van der Waals surface area contributed by atoms with Crippen LogP contribution in [-0.2, 0) is 27.6 Å². The highest BCUT2D eigenvalue weighted by molar-refractivity contribution is 7.66. The molecule has 2 aliphatic heterocycles. The van der Waals surface area contributed by atoms with E-state index in [0.717, 1.165) is 0 Å². The van der Waals surface area contributed by atoms with Gasteiger partial charge in [0.1, 0.15) is 18.2 Å². The number of halogens is 1. The maximum Gasteiger partial charge on any atom is 0.189 e. The SMILES string of the molecule is OCCOCC(F)C(P1OCCO1)P1OCC(OCCO)O1. The summed E-state index contributed by atoms with van der Waals surface area (Å²) in [5, 5.41) is 16.7. The van der Waals surface area contributed by atoms with Crippen LogP contribution in [0.5, 0.6) is 0 Å². The molecule has 2 aliphatic rings. The quantitative estimate of drug-likeness (QED) is 0.433. The van der Waals surface area contributed by atoms with Crippen molar-refractivity contribution in [3.63, 3.8) is 0 Å². The minimum Gasteiger partial charge on any atom is -0.394 e. The van der Waals surface area contributed by atoms with E-state index in [1.165, 1.54) is 0 Å². The summed E-state index contributed by atoms with van der Waals surface area (Å²) >= 11 is 0. The van der Waals surface area contributed by atoms with E-state index in [0.29, 0.717) is 13.2 Å². The molecule has 4 unspecified atom stereocenters. The minimum absolute atomic E-state index is 0.0641. The fourth-order valence-corrected chi connectivity index (χ4v) is 5.77. The Morgan fingerprint density at radius 2 is 1.82 bits per heavy atom. The molecule has 0 amide bonds. The molecule has 0 radical (unpaired) electrons. The van der Waals surface area contributed by atoms with Crippen LogP contribution < -0.4 is 0 Å². The van der Waals surface area contributed by atoms with Gasteiger partial charge >= 0.3 is 0 Å². The first-order valence-electron chi connectivity index (χ1n) is 6.95. The van der Waals surface area contributed by atoms with Gasteiger partial charge in [-0.25, -0.2) is 4.39 Å². The van der Waals surface area contributed by atoms with Gasteiger partial charge in [0.05, 0.1) is 46.2 Å². The summed E-state index contributed by atoms with van der Waals surface area (Å²) in [6, 6.07) is 0. The van der Waals surface area contributed by atoms with Gasteiger partial charge in [-0.15, -0.1) is 0 Å². The van der Waals surface area contributed by atoms with E-state index in [2.05, 4.69) is 0 Å². The van der Waals surface area contributed by atoms with E-state index >= 15 is 0 Å². The van der Waals surface area contributed by atoms with Crippen molar-refractivity contribution in [2.75, 3.05) is 52.9 Å². The van der Waals surface area contributed by atoms with Crippen molar-refractivity contribution in [3.8, 4) is 0 Å². The lowest BCUT2D eigenvalue weighted by atomic mass is 10.5. The molecule has 0 aliphatic carbocycles. The van der Waals surface area contributed by atoms with Gasteiger partial charge in [-0.2, -0.15) is 0 Å². The van der Waals surface area contributed by atoms with Crippen LogP contribution in [0.3, 0.4) is 0 Å². The van der Waals surface area contributed by atoms with Crippen molar-refractivity contribution in [1.82, 2.24) is 0 Å². The van der Waals surface area contributed by atoms with E-state index in [1.807, 2.05) is 0 Å². The zero-order chi connectivity index (χ0) is 15.8. The zero-order valence-corrected chi connectivity index (χ0v) is 13.8. The van der Waals surface area contributed by atoms with Gasteiger partial charge in [0, 0.05) is 0 Å². The van der Waals surface area contributed by atoms with Gasteiger partial charge in [-0.3, -0.25) is 0 Å². The summed E-state index contributed by atoms with van der Waals surface area (Å²) in [7, 11) is -3.04. The van der Waals surface area contributed by atoms with Crippen LogP contribution in [0.25, 0.3) is 0 Å². The van der Waals surface area contributed by atoms with Crippen LogP contribution >= 0.6 is 16.8 Å². The third kappa shape index (κ3) is 5.53. The van der Waals surface area contributed by atoms with E-state index in [-0.39, 0.29) is 39.6 Å². The Labute approximate surface area is 130 Å². The molecule has 0 saturated carbocycles. The molecule has 2 N–H and O–H groups in total. The maximum atomic E-state index is 14.5. The Morgan fingerprint density at radius 1 is 1.09 bits per heavy atom. The van der Waals surface area contributed by atoms with Gasteiger partial charge in [0.25, 0.3) is 0 Å². The topological polar surface area (TPSA) is 95.8 Å². The lowest BCUT2D eigenvalue weighted by Crippen LogP contribution is -2.25. The fraction of sp³-hybridized carbons (Fsp3) is 1.00. The number of aliphatic hydroxyl groups is 2. The van der Waals surface area contributed by atoms with Crippen molar-refractivity contribution in [2.45, 2.75) is 17.9 Å². The number of rotatable bonds is 10. The first kappa shape index (κ1) is 18.8. The van der Waals surface area contributed by atoms with Crippen LogP contribution in [0.4, 0.5) is 4.39 Å². The monoisotopic (exact) mass is 362 g/mol. The second-order valence-corrected chi connectivity index (χ2v) is 8.04. The molecule has 0 bridgehead atoms. The van der Waals surface area contributed by atoms with Crippen molar-refractivity contribution >= 4 is 16.8 Å². The summed E-state index contributed by atoms with van der Waals surface area (Å²) in [5.74, 6) is 0. The molecule has 22 heavy (non-hydrogen) atoms. The van der Waals surface area contributed by atoms with Gasteiger partial charge in [-0.05, 0) is 0 Å². The van der Waals surface area contributed by atoms with Gasteiger partial charge < -0.3 is 37.8 Å². The summed E-state index contributed by atoms with van der Waals surface area (Å²) in [6.07, 6.45) is -2.01. The predicted molar refractivity (Wildman–Crippen MR) is 76.2 cm³/mol. The van der Waals surface area contributed by atoms with E-state index in [1.54, 1.807) is 0 Å². The maximum absolute atomic E-state index is 14.5. The highest BCUT2D eigenvalue weighted by Crippen LogP contribution is 2.66. The second kappa shape index (κ2) is 10.4. The van der Waals surface area contributed by atoms with Crippen LogP contribution in [-0.4, -0.2) is 80.9 Å². The van der Waals surface area contributed by atoms with Gasteiger partial charge in [0.2, 0.25) is 0 Å². The smallest absolute Gasteiger partial charge is 0.189 e. The Hall–Kier alpha value is 0.470. The van der Waals surface area contributed by atoms with Crippen LogP contribution in [0.2, 0.25) is 0 Å². The second-order valence-electron chi connectivity index (χ2n) is 4.39. The normalized spacial score (nSPS) is 29.0. The summed E-state index contributed by atoms with van der Waals surface area (Å²) in [5.41, 5.74) is 0. The molecule has 0 aromatic rings. The average molecular weight is 362 g/mol. The van der Waals surface area contributed by atoms with Crippen molar-refractivity contribution < 1.29 is 42.2 Å². The predicted octanol–water partition coefficient (Wildman–Crippen LogP) is 0.712. The summed E-state index contributed by atoms with van der Waals surface area (Å²) in [6.45, 7) is 0.718. The lowest BCUT2D eigenvalue weighted by molar-refractivity contribution is -0.0752. The molecule has 130 valence electrons. The number of alkyl halides is 1. The van der Waals surface area contributed by atoms with E-state index in [4.69, 9.17) is 37.8 Å². The van der Waals surface area contributed by atoms with Crippen LogP contribution in [0, 0.1) is 0 Å². The Balaban J connectivity index is 1.89.